The van der Waals surface area contributed by atoms with Crippen LogP contribution in [0.1, 0.15) is 24.2 Å². The minimum absolute atomic E-state index is 0.406. The van der Waals surface area contributed by atoms with Crippen molar-refractivity contribution in [2.24, 2.45) is 0 Å². The van der Waals surface area contributed by atoms with Crippen LogP contribution in [0.3, 0.4) is 0 Å². The molecule has 0 bridgehead atoms. The summed E-state index contributed by atoms with van der Waals surface area (Å²) in [6, 6.07) is 7.25. The Balaban J connectivity index is 1.65. The Hall–Kier alpha value is -2.52. The van der Waals surface area contributed by atoms with Crippen molar-refractivity contribution >= 4 is 29.1 Å². The molecule has 0 saturated heterocycles. The maximum absolute atomic E-state index is 10.8. The molecule has 8 nitrogen and oxygen atoms in total. The molecule has 10 heteroatoms. The number of nitrogens with zero attached hydrogens (tertiary/aromatic N) is 3. The first-order valence-electron chi connectivity index (χ1n) is 9.26. The highest BCUT2D eigenvalue weighted by atomic mass is 35.5. The first-order valence-corrected chi connectivity index (χ1v) is 10.8. The van der Waals surface area contributed by atoms with Gasteiger partial charge in [-0.25, -0.2) is 0 Å². The van der Waals surface area contributed by atoms with E-state index < -0.39 is 4.92 Å². The average molecular weight is 437 g/mol. The van der Waals surface area contributed by atoms with Gasteiger partial charge in [-0.05, 0) is 43.5 Å². The fraction of sp³-hybridized carbons (Fsp3) is 0.368. The number of pyridine rings is 2. The first kappa shape index (κ1) is 22.8. The van der Waals surface area contributed by atoms with E-state index in [9.17, 15) is 10.1 Å². The lowest BCUT2D eigenvalue weighted by Gasteiger charge is -2.11. The number of nitrogen functional groups attached to an aromatic ring is 1. The molecule has 0 atom stereocenters. The molecule has 2 heterocycles. The lowest BCUT2D eigenvalue weighted by molar-refractivity contribution is -0.404. The smallest absolute Gasteiger partial charge is 0.274 e. The van der Waals surface area contributed by atoms with Gasteiger partial charge in [0, 0.05) is 37.0 Å². The second kappa shape index (κ2) is 12.8. The number of aromatic nitrogens is 2. The van der Waals surface area contributed by atoms with E-state index >= 15 is 0 Å². The number of nitro groups is 1. The molecule has 0 saturated carbocycles. The van der Waals surface area contributed by atoms with E-state index in [0.29, 0.717) is 35.4 Å². The van der Waals surface area contributed by atoms with Crippen molar-refractivity contribution in [3.8, 4) is 0 Å². The number of anilines is 1. The number of nitrogens with two attached hydrogens (primary N) is 1. The molecular weight excluding hydrogens is 412 g/mol. The van der Waals surface area contributed by atoms with Gasteiger partial charge in [-0.3, -0.25) is 20.1 Å². The van der Waals surface area contributed by atoms with E-state index in [4.69, 9.17) is 17.3 Å². The molecule has 0 aliphatic carbocycles. The number of hydrogen-bond acceptors (Lipinski definition) is 8. The number of halogens is 1. The SMILES string of the molecule is Nc1cccnc1CSCCNC(=C[N+](=O)[O-])NCCCCc1ncccc1Cl. The zero-order valence-corrected chi connectivity index (χ0v) is 17.6. The van der Waals surface area contributed by atoms with Crippen LogP contribution in [-0.4, -0.2) is 33.7 Å². The molecule has 0 spiro atoms. The van der Waals surface area contributed by atoms with Crippen molar-refractivity contribution in [1.29, 1.82) is 0 Å². The molecule has 0 unspecified atom stereocenters. The molecule has 0 amide bonds. The number of aryl methyl sites for hydroxylation is 1. The van der Waals surface area contributed by atoms with Gasteiger partial charge in [-0.15, -0.1) is 0 Å². The predicted octanol–water partition coefficient (Wildman–Crippen LogP) is 3.22. The Kier molecular flexibility index (Phi) is 10.1. The van der Waals surface area contributed by atoms with Crippen LogP contribution >= 0.6 is 23.4 Å². The summed E-state index contributed by atoms with van der Waals surface area (Å²) in [5, 5.41) is 17.7. The molecule has 0 aliphatic rings. The monoisotopic (exact) mass is 436 g/mol. The van der Waals surface area contributed by atoms with Crippen molar-refractivity contribution in [1.82, 2.24) is 20.6 Å². The zero-order valence-electron chi connectivity index (χ0n) is 16.0. The lowest BCUT2D eigenvalue weighted by atomic mass is 10.2. The Bertz CT molecular complexity index is 763. The summed E-state index contributed by atoms with van der Waals surface area (Å²) in [6.45, 7) is 1.21. The summed E-state index contributed by atoms with van der Waals surface area (Å²) < 4.78 is 0. The Labute approximate surface area is 179 Å². The molecule has 0 fully saturated rings. The van der Waals surface area contributed by atoms with E-state index in [-0.39, 0.29) is 0 Å². The normalized spacial score (nSPS) is 11.3. The van der Waals surface area contributed by atoms with Gasteiger partial charge in [0.15, 0.2) is 5.82 Å². The highest BCUT2D eigenvalue weighted by Crippen LogP contribution is 2.15. The van der Waals surface area contributed by atoms with Gasteiger partial charge in [-0.1, -0.05) is 11.6 Å². The van der Waals surface area contributed by atoms with Crippen molar-refractivity contribution in [2.45, 2.75) is 25.0 Å². The van der Waals surface area contributed by atoms with Gasteiger partial charge in [0.25, 0.3) is 6.20 Å². The van der Waals surface area contributed by atoms with E-state index in [1.54, 1.807) is 36.3 Å². The van der Waals surface area contributed by atoms with Crippen LogP contribution < -0.4 is 16.4 Å². The first-order chi connectivity index (χ1) is 14.1. The molecule has 4 N–H and O–H groups in total. The standard InChI is InChI=1S/C19H25ClN6O2S/c20-15-5-3-9-22-17(15)7-1-2-8-24-19(13-26(27)28)25-11-12-29-14-18-16(21)6-4-10-23-18/h3-6,9-10,13,24-25H,1-2,7-8,11-12,14,21H2. The number of unbranched alkanes of at least 4 members (excludes halogenated alkanes) is 1. The molecule has 0 aliphatic heterocycles. The van der Waals surface area contributed by atoms with Crippen LogP contribution in [0.15, 0.2) is 48.7 Å². The minimum atomic E-state index is -0.468. The van der Waals surface area contributed by atoms with Crippen molar-refractivity contribution in [3.05, 3.63) is 75.2 Å². The molecular formula is C19H25ClN6O2S. The zero-order chi connectivity index (χ0) is 20.9. The van der Waals surface area contributed by atoms with Crippen molar-refractivity contribution in [2.75, 3.05) is 24.6 Å². The second-order valence-corrected chi connectivity index (χ2v) is 7.67. The summed E-state index contributed by atoms with van der Waals surface area (Å²) in [7, 11) is 0. The Morgan fingerprint density at radius 2 is 1.90 bits per heavy atom. The third kappa shape index (κ3) is 9.01. The third-order valence-corrected chi connectivity index (χ3v) is 5.27. The molecule has 0 aromatic carbocycles. The molecule has 2 aromatic heterocycles. The second-order valence-electron chi connectivity index (χ2n) is 6.16. The molecule has 29 heavy (non-hydrogen) atoms. The highest BCUT2D eigenvalue weighted by molar-refractivity contribution is 7.98. The topological polar surface area (TPSA) is 119 Å². The molecule has 2 rings (SSSR count). The van der Waals surface area contributed by atoms with E-state index in [2.05, 4.69) is 20.6 Å². The predicted molar refractivity (Wildman–Crippen MR) is 118 cm³/mol. The lowest BCUT2D eigenvalue weighted by Crippen LogP contribution is -2.29. The Morgan fingerprint density at radius 3 is 2.62 bits per heavy atom. The largest absolute Gasteiger partial charge is 0.397 e. The number of hydrogen-bond donors (Lipinski definition) is 3. The Morgan fingerprint density at radius 1 is 1.17 bits per heavy atom. The summed E-state index contributed by atoms with van der Waals surface area (Å²) >= 11 is 7.75. The summed E-state index contributed by atoms with van der Waals surface area (Å²) in [5.41, 5.74) is 8.27. The van der Waals surface area contributed by atoms with Gasteiger partial charge in [0.1, 0.15) is 0 Å². The third-order valence-electron chi connectivity index (χ3n) is 3.95. The van der Waals surface area contributed by atoms with Gasteiger partial charge in [0.2, 0.25) is 0 Å². The van der Waals surface area contributed by atoms with Crippen LogP contribution in [-0.2, 0) is 12.2 Å². The van der Waals surface area contributed by atoms with Crippen molar-refractivity contribution in [3.63, 3.8) is 0 Å². The van der Waals surface area contributed by atoms with E-state index in [1.807, 2.05) is 12.1 Å². The number of rotatable bonds is 13. The maximum atomic E-state index is 10.8. The fourth-order valence-corrected chi connectivity index (χ4v) is 3.54. The van der Waals surface area contributed by atoms with Gasteiger partial charge < -0.3 is 16.4 Å². The van der Waals surface area contributed by atoms with E-state index in [1.165, 1.54) is 0 Å². The number of thioether (sulfide) groups is 1. The fourth-order valence-electron chi connectivity index (χ4n) is 2.50. The van der Waals surface area contributed by atoms with Crippen molar-refractivity contribution < 1.29 is 4.92 Å². The van der Waals surface area contributed by atoms with Crippen LogP contribution in [0.2, 0.25) is 5.02 Å². The van der Waals surface area contributed by atoms with Crippen LogP contribution in [0.25, 0.3) is 0 Å². The summed E-state index contributed by atoms with van der Waals surface area (Å²) in [6.07, 6.45) is 6.90. The van der Waals surface area contributed by atoms with Gasteiger partial charge >= 0.3 is 0 Å². The maximum Gasteiger partial charge on any atom is 0.274 e. The number of nitrogens with one attached hydrogen (secondary N) is 2. The van der Waals surface area contributed by atoms with Crippen LogP contribution in [0.4, 0.5) is 5.69 Å². The van der Waals surface area contributed by atoms with Crippen LogP contribution in [0.5, 0.6) is 0 Å². The van der Waals surface area contributed by atoms with Gasteiger partial charge in [0.05, 0.1) is 27.0 Å². The van der Waals surface area contributed by atoms with Crippen LogP contribution in [0, 0.1) is 10.1 Å². The molecule has 156 valence electrons. The summed E-state index contributed by atoms with van der Waals surface area (Å²) in [4.78, 5) is 18.9. The minimum Gasteiger partial charge on any atom is -0.397 e. The highest BCUT2D eigenvalue weighted by Gasteiger charge is 2.04. The molecule has 2 aromatic rings. The molecule has 0 radical (unpaired) electrons. The van der Waals surface area contributed by atoms with E-state index in [0.717, 1.165) is 42.6 Å². The summed E-state index contributed by atoms with van der Waals surface area (Å²) in [5.74, 6) is 1.88. The quantitative estimate of drug-likeness (QED) is 0.249. The average Bonchev–Trinajstić information content (AvgIpc) is 2.69. The van der Waals surface area contributed by atoms with Gasteiger partial charge in [-0.2, -0.15) is 11.8 Å².